The van der Waals surface area contributed by atoms with Crippen molar-refractivity contribution in [1.82, 2.24) is 29.9 Å². The molecule has 6 aromatic heterocycles. The Labute approximate surface area is 856 Å². The lowest BCUT2D eigenvalue weighted by atomic mass is 9.47. The van der Waals surface area contributed by atoms with Crippen molar-refractivity contribution >= 4 is 34.1 Å². The first kappa shape index (κ1) is 95.5. The van der Waals surface area contributed by atoms with Crippen LogP contribution >= 0.6 is 0 Å². The third-order valence-electron chi connectivity index (χ3n) is 42.7. The Bertz CT molecular complexity index is 6520. The van der Waals surface area contributed by atoms with Crippen molar-refractivity contribution in [1.29, 1.82) is 0 Å². The normalized spacial score (nSPS) is 31.0. The van der Waals surface area contributed by atoms with Crippen LogP contribution in [0.25, 0.3) is 0 Å². The predicted molar refractivity (Wildman–Crippen MR) is 589 cm³/mol. The first-order valence-corrected chi connectivity index (χ1v) is 55.6. The fraction of sp³-hybridized carbons (Fsp3) is 0.496. The molecule has 143 heavy (non-hydrogen) atoms. The molecule has 12 heteroatoms. The van der Waals surface area contributed by atoms with Crippen LogP contribution in [-0.2, 0) is 44.1 Å². The van der Waals surface area contributed by atoms with Crippen molar-refractivity contribution in [2.75, 3.05) is 29.4 Å². The maximum atomic E-state index is 4.91. The quantitative estimate of drug-likeness (QED) is 0.168. The lowest BCUT2D eigenvalue weighted by Crippen LogP contribution is -2.62. The van der Waals surface area contributed by atoms with Crippen LogP contribution in [0.5, 0.6) is 0 Å². The molecule has 0 amide bonds. The topological polar surface area (TPSA) is 96.8 Å². The lowest BCUT2D eigenvalue weighted by molar-refractivity contribution is -0.0602. The Morgan fingerprint density at radius 1 is 0.245 bits per heavy atom. The van der Waals surface area contributed by atoms with E-state index in [-0.39, 0.29) is 54.9 Å². The van der Waals surface area contributed by atoms with Crippen LogP contribution in [0.2, 0.25) is 0 Å². The van der Waals surface area contributed by atoms with E-state index in [2.05, 4.69) is 398 Å². The van der Waals surface area contributed by atoms with Crippen molar-refractivity contribution in [2.24, 2.45) is 58.2 Å². The van der Waals surface area contributed by atoms with Gasteiger partial charge in [0.15, 0.2) is 0 Å². The van der Waals surface area contributed by atoms with E-state index in [4.69, 9.17) is 19.9 Å². The molecule has 14 heterocycles. The molecule has 4 spiro atoms. The maximum Gasteiger partial charge on any atom is 0.0735 e. The smallest absolute Gasteiger partial charge is 0.0735 e. The molecule has 0 radical (unpaired) electrons. The zero-order valence-electron chi connectivity index (χ0n) is 90.0. The molecule has 10 aliphatic carbocycles. The highest BCUT2D eigenvalue weighted by atomic mass is 15.3. The number of para-hydroxylation sites is 6. The van der Waals surface area contributed by atoms with Gasteiger partial charge in [-0.2, -0.15) is 0 Å². The largest absolute Gasteiger partial charge is 0.354 e. The number of nitrogens with zero attached hydrogens (tertiary/aromatic N) is 12. The van der Waals surface area contributed by atoms with Crippen LogP contribution in [0.15, 0.2) is 244 Å². The van der Waals surface area contributed by atoms with Crippen molar-refractivity contribution in [3.63, 3.8) is 0 Å². The molecular weight excluding hydrogens is 1740 g/mol. The van der Waals surface area contributed by atoms with E-state index < -0.39 is 0 Å². The molecule has 18 aliphatic rings. The fourth-order valence-electron chi connectivity index (χ4n) is 35.1. The van der Waals surface area contributed by atoms with Gasteiger partial charge in [0.2, 0.25) is 0 Å². The monoisotopic (exact) mass is 1900 g/mol. The fourth-order valence-corrected chi connectivity index (χ4v) is 35.1. The van der Waals surface area contributed by atoms with E-state index in [1.165, 1.54) is 257 Å². The third-order valence-corrected chi connectivity index (χ3v) is 42.7. The second-order valence-corrected chi connectivity index (χ2v) is 49.8. The van der Waals surface area contributed by atoms with E-state index >= 15 is 0 Å². The van der Waals surface area contributed by atoms with E-state index in [0.717, 1.165) is 47.3 Å². The zero-order valence-corrected chi connectivity index (χ0v) is 90.0. The summed E-state index contributed by atoms with van der Waals surface area (Å²) in [6, 6.07) is 73.8. The van der Waals surface area contributed by atoms with Crippen LogP contribution in [0.4, 0.5) is 34.1 Å². The second-order valence-electron chi connectivity index (χ2n) is 49.8. The minimum absolute atomic E-state index is 0.0483. The second kappa shape index (κ2) is 34.9. The van der Waals surface area contributed by atoms with Gasteiger partial charge in [-0.1, -0.05) is 221 Å². The Kier molecular flexibility index (Phi) is 23.3. The summed E-state index contributed by atoms with van der Waals surface area (Å²) in [6.45, 7) is 51.8. The summed E-state index contributed by atoms with van der Waals surface area (Å²) >= 11 is 0. The zero-order chi connectivity index (χ0) is 99.5. The molecule has 8 bridgehead atoms. The maximum absolute atomic E-state index is 4.91. The van der Waals surface area contributed by atoms with Crippen molar-refractivity contribution < 1.29 is 0 Å². The molecule has 10 fully saturated rings. The van der Waals surface area contributed by atoms with Gasteiger partial charge in [0, 0.05) is 117 Å². The summed E-state index contributed by atoms with van der Waals surface area (Å²) in [5.41, 5.74) is 37.5. The molecule has 742 valence electrons. The highest BCUT2D eigenvalue weighted by Crippen LogP contribution is 2.74. The molecule has 8 atom stereocenters. The van der Waals surface area contributed by atoms with Gasteiger partial charge >= 0.3 is 0 Å². The van der Waals surface area contributed by atoms with Gasteiger partial charge in [-0.25, -0.2) is 0 Å². The molecule has 12 aromatic rings. The van der Waals surface area contributed by atoms with Crippen LogP contribution in [0.3, 0.4) is 0 Å². The van der Waals surface area contributed by atoms with Gasteiger partial charge in [-0.05, 0) is 372 Å². The average Bonchev–Trinajstić information content (AvgIpc) is 1.46. The van der Waals surface area contributed by atoms with Crippen LogP contribution in [-0.4, -0.2) is 29.9 Å². The van der Waals surface area contributed by atoms with Gasteiger partial charge in [0.05, 0.1) is 92.3 Å². The van der Waals surface area contributed by atoms with Gasteiger partial charge in [0.25, 0.3) is 0 Å². The average molecular weight is 1900 g/mol. The first-order valence-electron chi connectivity index (χ1n) is 55.6. The van der Waals surface area contributed by atoms with Crippen LogP contribution in [0, 0.1) is 99.7 Å². The standard InChI is InChI=1S/2C24H28N2.2C22H28N2.C20H24N2.C19H22N2/c1-15-6-3-4-8-22(15)26-16(2)23-21(7-5-9-25-23)24(26)19-11-17-10-18(13-19)14-20(24)12-17;1-15-5-3-4-6-23(15)26-16(2)21-14-25-8-7-22(21)24(26)19-10-17-9-18(12-19)13-20(24)11-17;1-14-10-8-11-17-19(14)24-15(2)18-16(12-9-13-23-18)22(24,7)21(5,6)20(17,3)4;1-14-9-8-10-18-19(14)24-15(2)16-13-23-12-11-17(16)22(24,7)21(5,6)20(18,3)4;1-15-9-4-5-11-18(15)22-16(2)19-17(10-8-14-21-19)20(22)12-6-3-7-13-20;1-14-8-3-4-10-17(14)21-15(2)18-16(9-7-13-20-18)19(21)11-5-6-12-19/h3-9,16-20H,10-14H2,1-2H3;3-8,14,16-20H,9-13H2,1-2H3;2*8-13,15H,1-7H3;4-5,8-11,14,16H,3,6-7,12-13H2,1-2H3;3-4,7-10,13,15H,5-6,11-12H2,1-2H3. The Hall–Kier alpha value is -11.0. The SMILES string of the molecule is Cc1cccc2c1N1C(C)c3cnccc3C1(C)C(C)(C)C2(C)C.Cc1cccc2c1N1C(C)c3ncccc3C1(C)C(C)(C)C2(C)C.Cc1ccccc1N1C(C)c2cnccc2C12C1CC3CC(C1)CC2C3.Cc1ccccc1N1C(C)c2ncccc2C12C1CC3CC(C1)CC2C3.Cc1ccccc1N1C(C)c2ncccc2C12CCCC2.Cc1ccccc1N1C(C)c2ncccc2C12CCCCC2. The molecule has 8 aliphatic heterocycles. The Morgan fingerprint density at radius 2 is 0.531 bits per heavy atom. The third kappa shape index (κ3) is 13.5. The summed E-state index contributed by atoms with van der Waals surface area (Å²) in [5.74, 6) is 7.16. The van der Waals surface area contributed by atoms with Crippen LogP contribution in [0.1, 0.15) is 381 Å². The molecule has 10 saturated carbocycles. The minimum Gasteiger partial charge on any atom is -0.354 e. The van der Waals surface area contributed by atoms with E-state index in [0.29, 0.717) is 36.3 Å². The number of benzene rings is 6. The van der Waals surface area contributed by atoms with Crippen LogP contribution < -0.4 is 29.4 Å². The van der Waals surface area contributed by atoms with Crippen molar-refractivity contribution in [2.45, 2.75) is 355 Å². The molecule has 12 nitrogen and oxygen atoms in total. The number of aromatic nitrogens is 6. The minimum atomic E-state index is -0.0708. The number of fused-ring (bicyclic) bond motifs is 16. The molecular formula is C131H158N12. The van der Waals surface area contributed by atoms with Crippen molar-refractivity contribution in [3.8, 4) is 0 Å². The highest BCUT2D eigenvalue weighted by molar-refractivity contribution is 5.76. The predicted octanol–water partition coefficient (Wildman–Crippen LogP) is 32.1. The number of aryl methyl sites for hydroxylation is 6. The molecule has 8 unspecified atom stereocenters. The molecule has 0 saturated heterocycles. The van der Waals surface area contributed by atoms with Gasteiger partial charge in [-0.3, -0.25) is 29.9 Å². The first-order chi connectivity index (χ1) is 68.7. The molecule has 6 aromatic carbocycles. The summed E-state index contributed by atoms with van der Waals surface area (Å²) in [7, 11) is 0. The van der Waals surface area contributed by atoms with E-state index in [9.17, 15) is 0 Å². The highest BCUT2D eigenvalue weighted by Gasteiger charge is 2.70. The lowest BCUT2D eigenvalue weighted by Gasteiger charge is -2.64. The van der Waals surface area contributed by atoms with Crippen molar-refractivity contribution in [3.05, 3.63) is 355 Å². The van der Waals surface area contributed by atoms with Gasteiger partial charge in [0.1, 0.15) is 0 Å². The van der Waals surface area contributed by atoms with E-state index in [1.807, 2.05) is 37.2 Å². The van der Waals surface area contributed by atoms with E-state index in [1.54, 1.807) is 11.1 Å². The Morgan fingerprint density at radius 3 is 0.937 bits per heavy atom. The summed E-state index contributed by atoms with van der Waals surface area (Å²) in [5, 5.41) is 0. The number of hydrogen-bond donors (Lipinski definition) is 0. The number of pyridine rings is 6. The molecule has 30 rings (SSSR count). The number of rotatable bonds is 4. The number of anilines is 6. The molecule has 0 N–H and O–H groups in total. The summed E-state index contributed by atoms with van der Waals surface area (Å²) < 4.78 is 0. The van der Waals surface area contributed by atoms with Gasteiger partial charge < -0.3 is 29.4 Å². The Balaban J connectivity index is 0.0000000954. The van der Waals surface area contributed by atoms with Gasteiger partial charge in [-0.15, -0.1) is 0 Å². The summed E-state index contributed by atoms with van der Waals surface area (Å²) in [6.07, 6.45) is 42.2. The number of hydrogen-bond acceptors (Lipinski definition) is 12. The summed E-state index contributed by atoms with van der Waals surface area (Å²) in [4.78, 5) is 44.5.